The van der Waals surface area contributed by atoms with Crippen molar-refractivity contribution in [2.75, 3.05) is 0 Å². The maximum Gasteiger partial charge on any atom is 0.268 e. The minimum atomic E-state index is -0.454. The highest BCUT2D eigenvalue weighted by Gasteiger charge is 2.31. The summed E-state index contributed by atoms with van der Waals surface area (Å²) in [5, 5.41) is 14.9. The summed E-state index contributed by atoms with van der Waals surface area (Å²) in [5.74, 6) is 0.881. The normalized spacial score (nSPS) is 11.7. The van der Waals surface area contributed by atoms with Gasteiger partial charge in [-0.1, -0.05) is 77.8 Å². The molecule has 0 N–H and O–H groups in total. The molecule has 5 rings (SSSR count). The minimum Gasteiger partial charge on any atom is -0.418 e. The first-order chi connectivity index (χ1) is 16.4. The number of aromatic nitrogens is 4. The van der Waals surface area contributed by atoms with Crippen molar-refractivity contribution in [2.45, 2.75) is 26.2 Å². The minimum absolute atomic E-state index is 0.359. The molecule has 5 nitrogen and oxygen atoms in total. The third-order valence-corrected chi connectivity index (χ3v) is 6.55. The Labute approximate surface area is 208 Å². The fourth-order valence-electron chi connectivity index (χ4n) is 3.99. The van der Waals surface area contributed by atoms with Crippen molar-refractivity contribution in [3.8, 4) is 28.5 Å². The Morgan fingerprint density at radius 2 is 1.50 bits per heavy atom. The van der Waals surface area contributed by atoms with E-state index < -0.39 is 5.41 Å². The lowest BCUT2D eigenvalue weighted by atomic mass is 9.85. The Kier molecular flexibility index (Phi) is 5.76. The van der Waals surface area contributed by atoms with Crippen molar-refractivity contribution in [2.24, 2.45) is 0 Å². The van der Waals surface area contributed by atoms with E-state index in [0.717, 1.165) is 28.1 Å². The van der Waals surface area contributed by atoms with Crippen LogP contribution in [-0.4, -0.2) is 20.0 Å². The summed E-state index contributed by atoms with van der Waals surface area (Å²) in [6.45, 7) is 6.12. The molecule has 0 amide bonds. The van der Waals surface area contributed by atoms with Crippen molar-refractivity contribution in [3.05, 3.63) is 106 Å². The number of para-hydroxylation sites is 1. The van der Waals surface area contributed by atoms with Gasteiger partial charge in [0.05, 0.1) is 21.8 Å². The molecule has 0 aliphatic heterocycles. The van der Waals surface area contributed by atoms with Crippen LogP contribution in [0.3, 0.4) is 0 Å². The predicted octanol–water partition coefficient (Wildman–Crippen LogP) is 7.53. The molecular weight excluding hydrogens is 467 g/mol. The Morgan fingerprint density at radius 1 is 0.824 bits per heavy atom. The van der Waals surface area contributed by atoms with Crippen LogP contribution in [0.4, 0.5) is 0 Å². The van der Waals surface area contributed by atoms with Crippen LogP contribution in [0.5, 0.6) is 0 Å². The first kappa shape index (κ1) is 22.4. The quantitative estimate of drug-likeness (QED) is 0.256. The molecule has 0 aliphatic rings. The maximum atomic E-state index is 6.55. The number of rotatable bonds is 5. The van der Waals surface area contributed by atoms with E-state index >= 15 is 0 Å². The van der Waals surface area contributed by atoms with Gasteiger partial charge in [0.2, 0.25) is 5.89 Å². The summed E-state index contributed by atoms with van der Waals surface area (Å²) < 4.78 is 8.03. The number of halogens is 2. The van der Waals surface area contributed by atoms with E-state index in [4.69, 9.17) is 32.7 Å². The molecule has 0 radical (unpaired) electrons. The molecule has 0 spiro atoms. The fraction of sp³-hybridized carbons (Fsp3) is 0.148. The lowest BCUT2D eigenvalue weighted by molar-refractivity contribution is 0.419. The maximum absolute atomic E-state index is 6.55. The van der Waals surface area contributed by atoms with Crippen LogP contribution in [0.1, 0.15) is 30.9 Å². The highest BCUT2D eigenvalue weighted by molar-refractivity contribution is 6.32. The summed E-state index contributed by atoms with van der Waals surface area (Å²) in [7, 11) is 0. The molecule has 170 valence electrons. The van der Waals surface area contributed by atoms with Crippen LogP contribution in [0.2, 0.25) is 10.0 Å². The van der Waals surface area contributed by atoms with Crippen molar-refractivity contribution < 1.29 is 4.42 Å². The van der Waals surface area contributed by atoms with Crippen LogP contribution in [0.15, 0.2) is 83.3 Å². The van der Waals surface area contributed by atoms with Crippen molar-refractivity contribution in [1.29, 1.82) is 0 Å². The van der Waals surface area contributed by atoms with E-state index in [1.165, 1.54) is 0 Å². The molecule has 0 aliphatic carbocycles. The Balaban J connectivity index is 1.66. The second-order valence-electron chi connectivity index (χ2n) is 8.60. The number of benzene rings is 3. The zero-order valence-electron chi connectivity index (χ0n) is 19.0. The summed E-state index contributed by atoms with van der Waals surface area (Å²) >= 11 is 12.7. The molecule has 34 heavy (non-hydrogen) atoms. The zero-order valence-corrected chi connectivity index (χ0v) is 20.5. The van der Waals surface area contributed by atoms with E-state index in [9.17, 15) is 0 Å². The second kappa shape index (κ2) is 8.75. The van der Waals surface area contributed by atoms with Crippen molar-refractivity contribution in [3.63, 3.8) is 0 Å². The van der Waals surface area contributed by atoms with E-state index in [1.807, 2.05) is 78.3 Å². The highest BCUT2D eigenvalue weighted by Crippen LogP contribution is 2.37. The lowest BCUT2D eigenvalue weighted by Gasteiger charge is -2.20. The first-order valence-electron chi connectivity index (χ1n) is 10.9. The average Bonchev–Trinajstić information content (AvgIpc) is 3.46. The molecule has 0 unspecified atom stereocenters. The van der Waals surface area contributed by atoms with Gasteiger partial charge in [0, 0.05) is 16.1 Å². The van der Waals surface area contributed by atoms with Crippen molar-refractivity contribution in [1.82, 2.24) is 20.0 Å². The Morgan fingerprint density at radius 3 is 2.21 bits per heavy atom. The standard InChI is InChI=1S/C27H22Cl2N4O/c1-17-23(25-30-31-26(34-25)27(2,3)19-9-5-4-6-10-19)32-33(22-12-8-7-11-21(22)29)24(17)18-13-15-20(28)16-14-18/h4-16H,1-3H3. The van der Waals surface area contributed by atoms with Gasteiger partial charge in [0.1, 0.15) is 0 Å². The summed E-state index contributed by atoms with van der Waals surface area (Å²) in [4.78, 5) is 0. The number of hydrogen-bond acceptors (Lipinski definition) is 4. The largest absolute Gasteiger partial charge is 0.418 e. The zero-order chi connectivity index (χ0) is 23.9. The molecule has 7 heteroatoms. The van der Waals surface area contributed by atoms with Crippen LogP contribution >= 0.6 is 23.2 Å². The summed E-state index contributed by atoms with van der Waals surface area (Å²) in [6.07, 6.45) is 0. The van der Waals surface area contributed by atoms with Gasteiger partial charge in [-0.2, -0.15) is 5.10 Å². The molecule has 0 saturated carbocycles. The molecular formula is C27H22Cl2N4O. The van der Waals surface area contributed by atoms with Crippen molar-refractivity contribution >= 4 is 23.2 Å². The molecule has 5 aromatic rings. The fourth-order valence-corrected chi connectivity index (χ4v) is 4.34. The van der Waals surface area contributed by atoms with Gasteiger partial charge >= 0.3 is 0 Å². The Hall–Kier alpha value is -3.41. The second-order valence-corrected chi connectivity index (χ2v) is 9.44. The van der Waals surface area contributed by atoms with Gasteiger partial charge in [-0.05, 0) is 50.6 Å². The molecule has 2 aromatic heterocycles. The topological polar surface area (TPSA) is 56.7 Å². The van der Waals surface area contributed by atoms with Crippen LogP contribution in [0.25, 0.3) is 28.5 Å². The van der Waals surface area contributed by atoms with Gasteiger partial charge in [0.25, 0.3) is 5.89 Å². The van der Waals surface area contributed by atoms with Crippen LogP contribution in [0, 0.1) is 6.92 Å². The first-order valence-corrected chi connectivity index (χ1v) is 11.6. The molecule has 3 aromatic carbocycles. The monoisotopic (exact) mass is 488 g/mol. The van der Waals surface area contributed by atoms with E-state index in [1.54, 1.807) is 0 Å². The molecule has 0 atom stereocenters. The predicted molar refractivity (Wildman–Crippen MR) is 136 cm³/mol. The number of nitrogens with zero attached hydrogens (tertiary/aromatic N) is 4. The number of hydrogen-bond donors (Lipinski definition) is 0. The Bertz CT molecular complexity index is 1450. The highest BCUT2D eigenvalue weighted by atomic mass is 35.5. The van der Waals surface area contributed by atoms with Crippen LogP contribution < -0.4 is 0 Å². The third-order valence-electron chi connectivity index (χ3n) is 5.98. The SMILES string of the molecule is Cc1c(-c2nnc(C(C)(C)c3ccccc3)o2)nn(-c2ccccc2Cl)c1-c1ccc(Cl)cc1. The van der Waals surface area contributed by atoms with E-state index in [-0.39, 0.29) is 0 Å². The smallest absolute Gasteiger partial charge is 0.268 e. The van der Waals surface area contributed by atoms with Crippen LogP contribution in [-0.2, 0) is 5.41 Å². The van der Waals surface area contributed by atoms with Gasteiger partial charge in [0.15, 0.2) is 5.69 Å². The summed E-state index contributed by atoms with van der Waals surface area (Å²) in [5.41, 5.74) is 4.72. The van der Waals surface area contributed by atoms with E-state index in [2.05, 4.69) is 36.2 Å². The molecule has 0 bridgehead atoms. The average molecular weight is 489 g/mol. The molecule has 2 heterocycles. The van der Waals surface area contributed by atoms with Gasteiger partial charge in [-0.15, -0.1) is 10.2 Å². The van der Waals surface area contributed by atoms with Gasteiger partial charge in [-0.3, -0.25) is 0 Å². The lowest BCUT2D eigenvalue weighted by Crippen LogP contribution is -2.19. The molecule has 0 saturated heterocycles. The third kappa shape index (κ3) is 3.91. The van der Waals surface area contributed by atoms with Gasteiger partial charge < -0.3 is 4.42 Å². The van der Waals surface area contributed by atoms with Gasteiger partial charge in [-0.25, -0.2) is 4.68 Å². The van der Waals surface area contributed by atoms with E-state index in [0.29, 0.717) is 27.5 Å². The molecule has 0 fully saturated rings. The summed E-state index contributed by atoms with van der Waals surface area (Å²) in [6, 6.07) is 25.3.